The summed E-state index contributed by atoms with van der Waals surface area (Å²) in [6.07, 6.45) is 15.5. The van der Waals surface area contributed by atoms with E-state index in [4.69, 9.17) is 51.5 Å². The molecule has 594 valence electrons. The number of hydrogen-bond acceptors (Lipinski definition) is 21. The number of fused-ring (bicyclic) bond motifs is 4. The number of nitrogens with one attached hydrogen (secondary N) is 4. The average molecular weight is 1550 g/mol. The molecule has 0 radical (unpaired) electrons. The zero-order chi connectivity index (χ0) is 77.9. The molecule has 0 saturated carbocycles. The predicted octanol–water partition coefficient (Wildman–Crippen LogP) is 2.14. The highest BCUT2D eigenvalue weighted by molar-refractivity contribution is 6.64. The van der Waals surface area contributed by atoms with Gasteiger partial charge in [-0.05, 0) is 120 Å². The number of primary amides is 2. The van der Waals surface area contributed by atoms with Crippen molar-refractivity contribution in [2.75, 3.05) is 73.0 Å². The fourth-order valence-electron chi connectivity index (χ4n) is 12.4. The Labute approximate surface area is 641 Å². The Bertz CT molecular complexity index is 3330. The van der Waals surface area contributed by atoms with Gasteiger partial charge in [0, 0.05) is 119 Å². The zero-order valence-electron chi connectivity index (χ0n) is 63.1. The number of hydrogen-bond donors (Lipinski definition) is 12. The Morgan fingerprint density at radius 1 is 0.717 bits per heavy atom. The van der Waals surface area contributed by atoms with Gasteiger partial charge in [-0.1, -0.05) is 89.0 Å². The van der Waals surface area contributed by atoms with Crippen LogP contribution in [0.5, 0.6) is 11.5 Å². The van der Waals surface area contributed by atoms with E-state index in [1.54, 1.807) is 87.7 Å². The number of ether oxygens (including phenoxy) is 6. The second-order valence-corrected chi connectivity index (χ2v) is 27.3. The van der Waals surface area contributed by atoms with E-state index >= 15 is 0 Å². The van der Waals surface area contributed by atoms with Crippen LogP contribution in [0.2, 0.25) is 0 Å². The number of methoxy groups -OCH3 is 4. The number of allylic oxidation sites excluding steroid dienone is 6. The van der Waals surface area contributed by atoms with Crippen LogP contribution in [0.3, 0.4) is 0 Å². The summed E-state index contributed by atoms with van der Waals surface area (Å²) < 4.78 is 33.2. The molecule has 4 aliphatic heterocycles. The van der Waals surface area contributed by atoms with Gasteiger partial charge in [-0.3, -0.25) is 24.0 Å². The summed E-state index contributed by atoms with van der Waals surface area (Å²) in [5.74, 6) is -4.20. The van der Waals surface area contributed by atoms with Crippen molar-refractivity contribution in [3.8, 4) is 11.5 Å². The van der Waals surface area contributed by atoms with Gasteiger partial charge in [0.05, 0.1) is 78.9 Å². The van der Waals surface area contributed by atoms with Crippen LogP contribution in [0.15, 0.2) is 125 Å². The first kappa shape index (κ1) is 96.5. The number of aliphatic carboxylic acids is 1. The first-order valence-corrected chi connectivity index (χ1v) is 35.6. The van der Waals surface area contributed by atoms with Crippen LogP contribution in [-0.2, 0) is 63.6 Å². The number of anilines is 1. The largest absolute Gasteiger partial charge is 1.00 e. The number of ketones is 2. The number of phenols is 2. The van der Waals surface area contributed by atoms with E-state index in [-0.39, 0.29) is 125 Å². The standard InChI is InChI=1S/C32H47N3O8.C32H45N3O8.C6H10ClNO.C6H11NO2.2ClH/c2*1-8-12-34-28-23-13-18(2)14-27(42-7)29(37)21(5)15-20(4)26(43-32(33)40)16-22(41-6)11-9-10-19(3)31(39)35-24(30(23)38)17-25(28)36;7-6(9)5-1-3-8-4-2-5;8-6(9)5-1-3-7-4-2-5;;/h8-11,15,17-18,21-22,26-27,29,34,36-38H,1,12-14,16H2,2-7H3,(H2,33,40)(H,35,39);8-11,15,17-18,21-22,26-27,29,34,37H,1,12-14,16H2,2-7H3,(H2,33,40)(H,35,39);5,8H,1-4H2;5,7H,1-4H2,(H,8,9);2*1H/b2*11-9-,19-10+,20-15+;;;;/t2*18-,21+,22+,26-,27+,29-;;;;/m11..../s1. The third-order valence-corrected chi connectivity index (χ3v) is 18.9. The maximum absolute atomic E-state index is 13.6. The Morgan fingerprint density at radius 2 is 1.20 bits per heavy atom. The number of quaternary nitrogens is 2. The smallest absolute Gasteiger partial charge is 0.405 e. The van der Waals surface area contributed by atoms with Gasteiger partial charge in [-0.25, -0.2) is 9.59 Å². The molecular weight excluding hydrogens is 1440 g/mol. The molecule has 1 aliphatic carbocycles. The lowest BCUT2D eigenvalue weighted by atomic mass is 9.85. The molecule has 2 fully saturated rings. The number of Topliss-reactive ketones (excluding diaryl/α,β-unsaturated/α-hetero) is 1. The van der Waals surface area contributed by atoms with Crippen LogP contribution < -0.4 is 60.9 Å². The van der Waals surface area contributed by atoms with Crippen LogP contribution >= 0.6 is 24.0 Å². The quantitative estimate of drug-likeness (QED) is 0.0317. The van der Waals surface area contributed by atoms with E-state index in [9.17, 15) is 63.9 Å². The molecule has 4 heterocycles. The SMILES string of the molecule is C=CCNC1=C2C[C@@H](C)C[C@H](OC)[C@H](O)[C@@H](C)/C=C(\C)[C@H](OC(N)=O)C[C@@H](OC)/C=C\C=C(/C)C(=O)NC(=CC1=O)C2=O.C=CC[NH2+]c1c(O)cc2c(O)c1C[C@@H](C)C[C@H](OC)[C@H](O)[C@@H](C)/C=C(\C)[C@H](OC(N)=O)C[C@@H](OC)/C=C\C=C(/C)C(=O)N2.Cl.O=C(Cl)C1CCNCC1.O=C([O-])C1CC[NH2+]CC1.[Cl-]. The molecule has 1 aromatic rings. The molecule has 4 bridgehead atoms. The minimum absolute atomic E-state index is 0. The lowest BCUT2D eigenvalue weighted by molar-refractivity contribution is -0.664. The summed E-state index contributed by atoms with van der Waals surface area (Å²) in [7, 11) is 6.02. The lowest BCUT2D eigenvalue weighted by Crippen LogP contribution is -3.00. The molecule has 0 aromatic heterocycles. The number of rotatable bonds is 14. The first-order valence-electron chi connectivity index (χ1n) is 35.2. The highest BCUT2D eigenvalue weighted by atomic mass is 35.5. The molecule has 0 spiro atoms. The van der Waals surface area contributed by atoms with Gasteiger partial charge >= 0.3 is 12.2 Å². The van der Waals surface area contributed by atoms with E-state index in [0.29, 0.717) is 53.8 Å². The summed E-state index contributed by atoms with van der Waals surface area (Å²) >= 11 is 5.29. The molecule has 2 saturated heterocycles. The van der Waals surface area contributed by atoms with Crippen LogP contribution in [0.1, 0.15) is 119 Å². The molecular formula is C76H115Cl3N8O19. The lowest BCUT2D eigenvalue weighted by Gasteiger charge is -2.29. The minimum Gasteiger partial charge on any atom is -1.00 e. The second-order valence-electron chi connectivity index (χ2n) is 26.9. The number of carbonyl (C=O) groups excluding carboxylic acids is 8. The maximum Gasteiger partial charge on any atom is 0.405 e. The van der Waals surface area contributed by atoms with Crippen molar-refractivity contribution in [2.45, 2.75) is 168 Å². The summed E-state index contributed by atoms with van der Waals surface area (Å²) in [6, 6.07) is 1.32. The summed E-state index contributed by atoms with van der Waals surface area (Å²) in [5, 5.41) is 70.0. The number of aliphatic hydroxyl groups excluding tert-OH is 2. The minimum atomic E-state index is -0.945. The van der Waals surface area contributed by atoms with Gasteiger partial charge in [-0.15, -0.1) is 19.0 Å². The van der Waals surface area contributed by atoms with Crippen molar-refractivity contribution in [1.82, 2.24) is 16.0 Å². The number of piperidine rings is 2. The number of carbonyl (C=O) groups is 8. The van der Waals surface area contributed by atoms with Crippen molar-refractivity contribution >= 4 is 82.2 Å². The van der Waals surface area contributed by atoms with E-state index in [2.05, 4.69) is 39.7 Å². The molecule has 1 aromatic carbocycles. The number of phenolic OH excluding ortho intramolecular Hbond substituents is 2. The van der Waals surface area contributed by atoms with E-state index in [0.717, 1.165) is 57.9 Å². The second kappa shape index (κ2) is 50.2. The number of aliphatic hydroxyl groups is 2. The number of halogens is 3. The van der Waals surface area contributed by atoms with Crippen molar-refractivity contribution in [1.29, 1.82) is 0 Å². The molecule has 106 heavy (non-hydrogen) atoms. The third-order valence-electron chi connectivity index (χ3n) is 18.6. The summed E-state index contributed by atoms with van der Waals surface area (Å²) in [6.45, 7) is 26.1. The van der Waals surface area contributed by atoms with Crippen LogP contribution in [0.4, 0.5) is 21.0 Å². The van der Waals surface area contributed by atoms with E-state index in [1.807, 2.05) is 33.8 Å². The topological polar surface area (TPSA) is 429 Å². The number of amides is 4. The molecule has 5 aliphatic rings. The predicted molar refractivity (Wildman–Crippen MR) is 400 cm³/mol. The molecule has 16 N–H and O–H groups in total. The Hall–Kier alpha value is -7.51. The molecule has 6 rings (SSSR count). The highest BCUT2D eigenvalue weighted by Gasteiger charge is 2.35. The van der Waals surface area contributed by atoms with Crippen LogP contribution in [-0.4, -0.2) is 184 Å². The summed E-state index contributed by atoms with van der Waals surface area (Å²) in [5.41, 5.74) is 13.9. The average Bonchev–Trinajstić information content (AvgIpc) is 0.802. The Morgan fingerprint density at radius 3 is 1.61 bits per heavy atom. The molecule has 4 amide bonds. The Balaban J connectivity index is 0.000000839. The summed E-state index contributed by atoms with van der Waals surface area (Å²) in [4.78, 5) is 96.8. The van der Waals surface area contributed by atoms with Crippen LogP contribution in [0, 0.1) is 35.5 Å². The number of nitrogens with two attached hydrogens (primary N) is 4. The fourth-order valence-corrected chi connectivity index (χ4v) is 12.7. The number of carboxylic acids is 1. The van der Waals surface area contributed by atoms with Crippen molar-refractivity contribution in [3.05, 3.63) is 131 Å². The molecule has 30 heteroatoms. The Kier molecular flexibility index (Phi) is 45.7. The molecule has 27 nitrogen and oxygen atoms in total. The molecule has 12 atom stereocenters. The highest BCUT2D eigenvalue weighted by Crippen LogP contribution is 2.41. The van der Waals surface area contributed by atoms with Gasteiger partial charge in [-0.2, -0.15) is 0 Å². The van der Waals surface area contributed by atoms with Gasteiger partial charge in [0.2, 0.25) is 16.8 Å². The monoisotopic (exact) mass is 1550 g/mol. The van der Waals surface area contributed by atoms with Gasteiger partial charge in [0.15, 0.2) is 11.4 Å². The normalized spacial score (nSPS) is 28.3. The van der Waals surface area contributed by atoms with E-state index in [1.165, 1.54) is 34.5 Å². The van der Waals surface area contributed by atoms with Crippen molar-refractivity contribution < 1.29 is 115 Å². The van der Waals surface area contributed by atoms with Gasteiger partial charge in [0.25, 0.3) is 11.8 Å². The zero-order valence-corrected chi connectivity index (χ0v) is 65.5. The maximum atomic E-state index is 13.6. The third kappa shape index (κ3) is 32.5. The van der Waals surface area contributed by atoms with Crippen molar-refractivity contribution in [3.63, 3.8) is 0 Å². The molecule has 0 unspecified atom stereocenters. The fraction of sp³-hybridized carbons (Fsp3) is 0.553. The number of aromatic hydroxyl groups is 2. The van der Waals surface area contributed by atoms with Gasteiger partial charge < -0.3 is 115 Å². The van der Waals surface area contributed by atoms with E-state index < -0.39 is 96.3 Å². The first-order chi connectivity index (χ1) is 49.2. The van der Waals surface area contributed by atoms with Crippen molar-refractivity contribution in [2.24, 2.45) is 47.0 Å². The van der Waals surface area contributed by atoms with Gasteiger partial charge in [0.1, 0.15) is 18.0 Å². The van der Waals surface area contributed by atoms with Crippen LogP contribution in [0.25, 0.3) is 0 Å². The number of benzene rings is 1. The number of carboxylic acid groups (broad SMARTS) is 1.